The molecule has 0 N–H and O–H groups in total. The lowest BCUT2D eigenvalue weighted by Gasteiger charge is -2.24. The van der Waals surface area contributed by atoms with Crippen LogP contribution >= 0.6 is 0 Å². The van der Waals surface area contributed by atoms with Crippen molar-refractivity contribution >= 4 is 6.29 Å². The zero-order valence-corrected chi connectivity index (χ0v) is 6.38. The molecule has 2 atom stereocenters. The van der Waals surface area contributed by atoms with Crippen LogP contribution in [0.15, 0.2) is 0 Å². The molecule has 1 aliphatic rings. The van der Waals surface area contributed by atoms with E-state index < -0.39 is 0 Å². The average molecular weight is 142 g/mol. The van der Waals surface area contributed by atoms with E-state index in [0.717, 1.165) is 32.0 Å². The van der Waals surface area contributed by atoms with Crippen molar-refractivity contribution in [1.82, 2.24) is 0 Å². The molecule has 2 nitrogen and oxygen atoms in total. The normalized spacial score (nSPS) is 33.7. The maximum absolute atomic E-state index is 10.4. The van der Waals surface area contributed by atoms with Crippen molar-refractivity contribution in [3.63, 3.8) is 0 Å². The predicted octanol–water partition coefficient (Wildman–Crippen LogP) is 1.39. The number of aldehydes is 1. The van der Waals surface area contributed by atoms with Gasteiger partial charge in [-0.3, -0.25) is 0 Å². The van der Waals surface area contributed by atoms with Gasteiger partial charge >= 0.3 is 0 Å². The van der Waals surface area contributed by atoms with Crippen molar-refractivity contribution in [1.29, 1.82) is 0 Å². The molecule has 2 heteroatoms. The number of methoxy groups -OCH3 is 1. The summed E-state index contributed by atoms with van der Waals surface area (Å²) in [6.45, 7) is 0. The monoisotopic (exact) mass is 142 g/mol. The zero-order chi connectivity index (χ0) is 7.40. The van der Waals surface area contributed by atoms with Gasteiger partial charge in [0.1, 0.15) is 6.29 Å². The molecule has 0 radical (unpaired) electrons. The number of carbonyl (C=O) groups is 1. The number of hydrogen-bond donors (Lipinski definition) is 0. The lowest BCUT2D eigenvalue weighted by atomic mass is 9.88. The van der Waals surface area contributed by atoms with E-state index in [1.807, 2.05) is 0 Å². The Hall–Kier alpha value is -0.370. The molecule has 0 aromatic heterocycles. The van der Waals surface area contributed by atoms with Crippen LogP contribution in [0.25, 0.3) is 0 Å². The van der Waals surface area contributed by atoms with Crippen molar-refractivity contribution in [3.8, 4) is 0 Å². The van der Waals surface area contributed by atoms with Crippen LogP contribution < -0.4 is 0 Å². The third-order valence-corrected chi connectivity index (χ3v) is 2.19. The van der Waals surface area contributed by atoms with E-state index in [9.17, 15) is 4.79 Å². The highest BCUT2D eigenvalue weighted by Crippen LogP contribution is 2.23. The standard InChI is InChI=1S/C8H14O2/c1-10-8-4-2-3-7(5-8)6-9/h6-8H,2-5H2,1H3. The van der Waals surface area contributed by atoms with Crippen LogP contribution in [0.2, 0.25) is 0 Å². The summed E-state index contributed by atoms with van der Waals surface area (Å²) in [6.07, 6.45) is 5.65. The first kappa shape index (κ1) is 7.73. The van der Waals surface area contributed by atoms with Crippen molar-refractivity contribution < 1.29 is 9.53 Å². The number of rotatable bonds is 2. The maximum Gasteiger partial charge on any atom is 0.123 e. The molecule has 2 unspecified atom stereocenters. The van der Waals surface area contributed by atoms with Crippen LogP contribution in [-0.2, 0) is 9.53 Å². The lowest BCUT2D eigenvalue weighted by molar-refractivity contribution is -0.113. The second-order valence-corrected chi connectivity index (χ2v) is 2.92. The molecule has 0 heterocycles. The first-order chi connectivity index (χ1) is 4.86. The summed E-state index contributed by atoms with van der Waals surface area (Å²) in [5.74, 6) is 0.263. The highest BCUT2D eigenvalue weighted by Gasteiger charge is 2.20. The van der Waals surface area contributed by atoms with E-state index in [0.29, 0.717) is 6.10 Å². The van der Waals surface area contributed by atoms with Gasteiger partial charge in [0.05, 0.1) is 6.10 Å². The summed E-state index contributed by atoms with van der Waals surface area (Å²) >= 11 is 0. The van der Waals surface area contributed by atoms with Gasteiger partial charge in [0, 0.05) is 13.0 Å². The molecule has 0 aromatic rings. The highest BCUT2D eigenvalue weighted by molar-refractivity contribution is 5.53. The smallest absolute Gasteiger partial charge is 0.123 e. The molecule has 0 saturated heterocycles. The van der Waals surface area contributed by atoms with Gasteiger partial charge in [0.25, 0.3) is 0 Å². The summed E-state index contributed by atoms with van der Waals surface area (Å²) in [4.78, 5) is 10.4. The van der Waals surface area contributed by atoms with Gasteiger partial charge in [-0.25, -0.2) is 0 Å². The van der Waals surface area contributed by atoms with Gasteiger partial charge in [-0.2, -0.15) is 0 Å². The van der Waals surface area contributed by atoms with E-state index in [2.05, 4.69) is 0 Å². The topological polar surface area (TPSA) is 26.3 Å². The van der Waals surface area contributed by atoms with Crippen LogP contribution in [0, 0.1) is 5.92 Å². The van der Waals surface area contributed by atoms with Crippen LogP contribution in [0.1, 0.15) is 25.7 Å². The van der Waals surface area contributed by atoms with E-state index in [-0.39, 0.29) is 5.92 Å². The fourth-order valence-corrected chi connectivity index (χ4v) is 1.52. The largest absolute Gasteiger partial charge is 0.381 e. The Labute approximate surface area is 61.6 Å². The fourth-order valence-electron chi connectivity index (χ4n) is 1.52. The van der Waals surface area contributed by atoms with Gasteiger partial charge in [-0.1, -0.05) is 6.42 Å². The first-order valence-electron chi connectivity index (χ1n) is 3.85. The van der Waals surface area contributed by atoms with Crippen molar-refractivity contribution in [2.45, 2.75) is 31.8 Å². The van der Waals surface area contributed by atoms with Crippen molar-refractivity contribution in [2.24, 2.45) is 5.92 Å². The molecule has 0 aromatic carbocycles. The van der Waals surface area contributed by atoms with E-state index in [1.54, 1.807) is 7.11 Å². The number of ether oxygens (including phenoxy) is 1. The summed E-state index contributed by atoms with van der Waals surface area (Å²) in [6, 6.07) is 0. The minimum atomic E-state index is 0.263. The molecular formula is C8H14O2. The van der Waals surface area contributed by atoms with E-state index >= 15 is 0 Å². The van der Waals surface area contributed by atoms with Gasteiger partial charge in [0.15, 0.2) is 0 Å². The van der Waals surface area contributed by atoms with Crippen molar-refractivity contribution in [2.75, 3.05) is 7.11 Å². The second kappa shape index (κ2) is 3.71. The SMILES string of the molecule is COC1CCCC(C=O)C1. The number of hydrogen-bond acceptors (Lipinski definition) is 2. The Kier molecular flexibility index (Phi) is 2.87. The Morgan fingerprint density at radius 2 is 2.30 bits per heavy atom. The molecule has 1 fully saturated rings. The van der Waals surface area contributed by atoms with Crippen LogP contribution in [0.3, 0.4) is 0 Å². The minimum Gasteiger partial charge on any atom is -0.381 e. The molecule has 0 amide bonds. The Balaban J connectivity index is 2.31. The van der Waals surface area contributed by atoms with Crippen LogP contribution in [0.5, 0.6) is 0 Å². The van der Waals surface area contributed by atoms with Gasteiger partial charge in [-0.05, 0) is 19.3 Å². The summed E-state index contributed by atoms with van der Waals surface area (Å²) in [7, 11) is 1.72. The first-order valence-corrected chi connectivity index (χ1v) is 3.85. The molecule has 0 aliphatic heterocycles. The zero-order valence-electron chi connectivity index (χ0n) is 6.38. The summed E-state index contributed by atoms with van der Waals surface area (Å²) in [5.41, 5.74) is 0. The fraction of sp³-hybridized carbons (Fsp3) is 0.875. The molecule has 0 bridgehead atoms. The van der Waals surface area contributed by atoms with Crippen molar-refractivity contribution in [3.05, 3.63) is 0 Å². The Morgan fingerprint density at radius 1 is 1.50 bits per heavy atom. The minimum absolute atomic E-state index is 0.263. The molecule has 58 valence electrons. The van der Waals surface area contributed by atoms with Crippen LogP contribution in [0.4, 0.5) is 0 Å². The Morgan fingerprint density at radius 3 is 2.90 bits per heavy atom. The van der Waals surface area contributed by atoms with Gasteiger partial charge < -0.3 is 9.53 Å². The third kappa shape index (κ3) is 1.81. The predicted molar refractivity (Wildman–Crippen MR) is 38.8 cm³/mol. The van der Waals surface area contributed by atoms with Crippen LogP contribution in [-0.4, -0.2) is 19.5 Å². The lowest BCUT2D eigenvalue weighted by Crippen LogP contribution is -2.22. The highest BCUT2D eigenvalue weighted by atomic mass is 16.5. The molecule has 10 heavy (non-hydrogen) atoms. The molecular weight excluding hydrogens is 128 g/mol. The quantitative estimate of drug-likeness (QED) is 0.544. The molecule has 1 rings (SSSR count). The molecule has 0 spiro atoms. The molecule has 1 saturated carbocycles. The number of carbonyl (C=O) groups excluding carboxylic acids is 1. The summed E-state index contributed by atoms with van der Waals surface area (Å²) in [5, 5.41) is 0. The second-order valence-electron chi connectivity index (χ2n) is 2.92. The van der Waals surface area contributed by atoms with Gasteiger partial charge in [-0.15, -0.1) is 0 Å². The maximum atomic E-state index is 10.4. The third-order valence-electron chi connectivity index (χ3n) is 2.19. The molecule has 1 aliphatic carbocycles. The average Bonchev–Trinajstić information content (AvgIpc) is 2.05. The summed E-state index contributed by atoms with van der Waals surface area (Å²) < 4.78 is 5.16. The van der Waals surface area contributed by atoms with E-state index in [1.165, 1.54) is 0 Å². The Bertz CT molecular complexity index is 112. The van der Waals surface area contributed by atoms with E-state index in [4.69, 9.17) is 4.74 Å². The van der Waals surface area contributed by atoms with Gasteiger partial charge in [0.2, 0.25) is 0 Å².